The third-order valence-electron chi connectivity index (χ3n) is 12.6. The first-order chi connectivity index (χ1) is 32.2. The van der Waals surface area contributed by atoms with Gasteiger partial charge in [-0.05, 0) is 124 Å². The molecule has 0 bridgehead atoms. The van der Waals surface area contributed by atoms with Crippen LogP contribution in [-0.4, -0.2) is 9.13 Å². The molecule has 0 amide bonds. The molecule has 0 saturated heterocycles. The molecule has 308 valence electrons. The van der Waals surface area contributed by atoms with Gasteiger partial charge in [0.05, 0.1) is 16.6 Å². The first-order valence-corrected chi connectivity index (χ1v) is 23.2. The zero-order chi connectivity index (χ0) is 43.3. The van der Waals surface area contributed by atoms with E-state index >= 15 is 0 Å². The van der Waals surface area contributed by atoms with Crippen LogP contribution in [0.2, 0.25) is 0 Å². The van der Waals surface area contributed by atoms with Crippen molar-refractivity contribution >= 4 is 79.9 Å². The Hall–Kier alpha value is -7.97. The Bertz CT molecular complexity index is 3820. The molecule has 9 aromatic carbocycles. The minimum Gasteiger partial charge on any atom is -0.455 e. The maximum absolute atomic E-state index is 6.76. The highest BCUT2D eigenvalue weighted by Crippen LogP contribution is 2.40. The van der Waals surface area contributed by atoms with Crippen LogP contribution in [0.5, 0.6) is 0 Å². The molecule has 0 aliphatic heterocycles. The summed E-state index contributed by atoms with van der Waals surface area (Å²) in [7, 11) is 0.523. The molecule has 0 N–H and O–H groups in total. The summed E-state index contributed by atoms with van der Waals surface area (Å²) in [6.45, 7) is 2.04. The Balaban J connectivity index is 0.898. The summed E-state index contributed by atoms with van der Waals surface area (Å²) in [5.41, 5.74) is 15.8. The normalized spacial score (nSPS) is 12.2. The van der Waals surface area contributed by atoms with Gasteiger partial charge in [-0.2, -0.15) is 0 Å². The Morgan fingerprint density at radius 3 is 1.98 bits per heavy atom. The van der Waals surface area contributed by atoms with E-state index in [4.69, 9.17) is 4.42 Å². The van der Waals surface area contributed by atoms with Gasteiger partial charge in [0.25, 0.3) is 0 Å². The number of fused-ring (bicyclic) bond motifs is 7. The number of para-hydroxylation sites is 3. The van der Waals surface area contributed by atoms with Crippen LogP contribution in [0.1, 0.15) is 12.6 Å². The number of hydrogen-bond acceptors (Lipinski definition) is 1. The average Bonchev–Trinajstić information content (AvgIpc) is 4.03. The van der Waals surface area contributed by atoms with E-state index in [-0.39, 0.29) is 0 Å². The monoisotopic (exact) mass is 850 g/mol. The fraction of sp³-hybridized carbons (Fsp3) is 0.0164. The van der Waals surface area contributed by atoms with Gasteiger partial charge in [-0.1, -0.05) is 166 Å². The second kappa shape index (κ2) is 16.3. The molecule has 0 aliphatic carbocycles. The van der Waals surface area contributed by atoms with Crippen molar-refractivity contribution in [2.24, 2.45) is 0 Å². The molecule has 0 saturated carbocycles. The number of furan rings is 1. The molecule has 0 radical (unpaired) electrons. The quantitative estimate of drug-likeness (QED) is 0.105. The smallest absolute Gasteiger partial charge is 0.143 e. The molecule has 1 atom stereocenters. The molecule has 3 heterocycles. The van der Waals surface area contributed by atoms with Crippen molar-refractivity contribution < 1.29 is 4.42 Å². The van der Waals surface area contributed by atoms with E-state index in [9.17, 15) is 0 Å². The molecule has 3 nitrogen and oxygen atoms in total. The van der Waals surface area contributed by atoms with Gasteiger partial charge < -0.3 is 13.6 Å². The molecule has 65 heavy (non-hydrogen) atoms. The van der Waals surface area contributed by atoms with Crippen LogP contribution >= 0.6 is 8.58 Å². The number of aromatic nitrogens is 2. The van der Waals surface area contributed by atoms with Gasteiger partial charge in [-0.15, -0.1) is 0 Å². The van der Waals surface area contributed by atoms with Gasteiger partial charge in [-0.3, -0.25) is 0 Å². The number of allylic oxidation sites excluding steroid dienone is 3. The molecular formula is C61H43N2OP. The summed E-state index contributed by atoms with van der Waals surface area (Å²) in [5.74, 6) is 0. The van der Waals surface area contributed by atoms with Gasteiger partial charge in [0.15, 0.2) is 0 Å². The van der Waals surface area contributed by atoms with Crippen LogP contribution in [0, 0.1) is 0 Å². The fourth-order valence-electron chi connectivity index (χ4n) is 9.60. The largest absolute Gasteiger partial charge is 0.455 e. The highest BCUT2D eigenvalue weighted by molar-refractivity contribution is 7.55. The van der Waals surface area contributed by atoms with Crippen molar-refractivity contribution in [1.29, 1.82) is 0 Å². The van der Waals surface area contributed by atoms with E-state index in [1.807, 2.05) is 13.0 Å². The van der Waals surface area contributed by atoms with Crippen molar-refractivity contribution in [3.05, 3.63) is 236 Å². The molecular weight excluding hydrogens is 808 g/mol. The average molecular weight is 851 g/mol. The number of hydrogen-bond donors (Lipinski definition) is 0. The maximum Gasteiger partial charge on any atom is 0.143 e. The fourth-order valence-corrected chi connectivity index (χ4v) is 10.7. The first-order valence-electron chi connectivity index (χ1n) is 22.2. The Labute approximate surface area is 379 Å². The highest BCUT2D eigenvalue weighted by Gasteiger charge is 2.18. The van der Waals surface area contributed by atoms with Gasteiger partial charge in [0.2, 0.25) is 0 Å². The molecule has 1 unspecified atom stereocenters. The Morgan fingerprint density at radius 2 is 1.09 bits per heavy atom. The second-order valence-electron chi connectivity index (χ2n) is 16.6. The van der Waals surface area contributed by atoms with Crippen LogP contribution in [0.25, 0.3) is 105 Å². The van der Waals surface area contributed by atoms with Gasteiger partial charge in [-0.25, -0.2) is 0 Å². The van der Waals surface area contributed by atoms with Crippen molar-refractivity contribution in [3.8, 4) is 44.8 Å². The summed E-state index contributed by atoms with van der Waals surface area (Å²) in [5, 5.41) is 8.54. The van der Waals surface area contributed by atoms with Gasteiger partial charge >= 0.3 is 0 Å². The predicted octanol–water partition coefficient (Wildman–Crippen LogP) is 15.8. The molecule has 3 aromatic heterocycles. The Kier molecular flexibility index (Phi) is 9.70. The molecule has 12 rings (SSSR count). The van der Waals surface area contributed by atoms with E-state index in [2.05, 4.69) is 240 Å². The minimum atomic E-state index is 0.523. The lowest BCUT2D eigenvalue weighted by molar-refractivity contribution is 0.670. The summed E-state index contributed by atoms with van der Waals surface area (Å²) in [6, 6.07) is 77.1. The van der Waals surface area contributed by atoms with Crippen molar-refractivity contribution in [2.45, 2.75) is 6.92 Å². The molecule has 0 fully saturated rings. The summed E-state index contributed by atoms with van der Waals surface area (Å²) in [4.78, 5) is 0. The molecule has 0 aliphatic rings. The third kappa shape index (κ3) is 6.98. The lowest BCUT2D eigenvalue weighted by atomic mass is 9.99. The van der Waals surface area contributed by atoms with E-state index in [1.165, 1.54) is 65.6 Å². The molecule has 12 aromatic rings. The predicted molar refractivity (Wildman–Crippen MR) is 279 cm³/mol. The van der Waals surface area contributed by atoms with E-state index in [1.54, 1.807) is 0 Å². The van der Waals surface area contributed by atoms with Crippen molar-refractivity contribution in [3.63, 3.8) is 0 Å². The molecule has 4 heteroatoms. The lowest BCUT2D eigenvalue weighted by Gasteiger charge is -2.11. The van der Waals surface area contributed by atoms with Crippen LogP contribution in [0.15, 0.2) is 235 Å². The van der Waals surface area contributed by atoms with Crippen LogP contribution in [0.4, 0.5) is 0 Å². The Morgan fingerprint density at radius 1 is 0.415 bits per heavy atom. The zero-order valence-corrected chi connectivity index (χ0v) is 36.8. The van der Waals surface area contributed by atoms with Gasteiger partial charge in [0.1, 0.15) is 11.2 Å². The second-order valence-corrected chi connectivity index (χ2v) is 18.0. The van der Waals surface area contributed by atoms with E-state index < -0.39 is 0 Å². The summed E-state index contributed by atoms with van der Waals surface area (Å²) in [6.07, 6.45) is 8.39. The zero-order valence-electron chi connectivity index (χ0n) is 35.8. The minimum absolute atomic E-state index is 0.523. The standard InChI is InChI=1S/C61H43N2OP/c1-2-3-5-23-47-37-46-18-8-10-29-57(46)62(47)49-31-34-60-56(39-49)54-28-15-27-52(61(54)64-60)45-22-13-24-48(36-45)63-58-30-11-9-26-53(58)55-40-51(32-33-59(55)63)65-50-25-14-21-44(38-50)43-20-12-19-42(35-43)41-16-6-4-7-17-41/h2-40,65H,1H3/b3-2-,23-5-. The number of nitrogens with zero attached hydrogens (tertiary/aromatic N) is 2. The SMILES string of the molecule is C/C=C\C=C/c1cc2ccccc2n1-c1ccc2oc3c(-c4cccc(-n5c6ccccc6c6cc(Pc7cccc(-c8cccc(-c9ccccc9)c8)c7)ccc65)c4)cccc3c2c1. The molecule has 0 spiro atoms. The van der Waals surface area contributed by atoms with E-state index in [0.29, 0.717) is 8.58 Å². The van der Waals surface area contributed by atoms with Gasteiger partial charge in [0, 0.05) is 49.6 Å². The first kappa shape index (κ1) is 38.7. The topological polar surface area (TPSA) is 23.0 Å². The van der Waals surface area contributed by atoms with Crippen LogP contribution in [-0.2, 0) is 0 Å². The third-order valence-corrected chi connectivity index (χ3v) is 13.8. The summed E-state index contributed by atoms with van der Waals surface area (Å²) < 4.78 is 11.5. The number of rotatable bonds is 9. The van der Waals surface area contributed by atoms with Crippen molar-refractivity contribution in [2.75, 3.05) is 0 Å². The van der Waals surface area contributed by atoms with Crippen molar-refractivity contribution in [1.82, 2.24) is 9.13 Å². The van der Waals surface area contributed by atoms with Crippen LogP contribution < -0.4 is 10.6 Å². The summed E-state index contributed by atoms with van der Waals surface area (Å²) >= 11 is 0. The number of benzene rings is 9. The highest BCUT2D eigenvalue weighted by atomic mass is 31.1. The lowest BCUT2D eigenvalue weighted by Crippen LogP contribution is -2.03. The van der Waals surface area contributed by atoms with E-state index in [0.717, 1.165) is 50.1 Å². The maximum atomic E-state index is 6.76. The van der Waals surface area contributed by atoms with Crippen LogP contribution in [0.3, 0.4) is 0 Å².